The Kier molecular flexibility index (Phi) is 4.48. The molecule has 22 heavy (non-hydrogen) atoms. The van der Waals surface area contributed by atoms with Crippen LogP contribution in [0.15, 0.2) is 18.2 Å². The highest BCUT2D eigenvalue weighted by atomic mass is 16.1. The lowest BCUT2D eigenvalue weighted by atomic mass is 10.1. The minimum Gasteiger partial charge on any atom is -0.358 e. The van der Waals surface area contributed by atoms with Gasteiger partial charge in [-0.15, -0.1) is 0 Å². The summed E-state index contributed by atoms with van der Waals surface area (Å²) in [5, 5.41) is 4.26. The zero-order valence-electron chi connectivity index (χ0n) is 13.5. The van der Waals surface area contributed by atoms with Gasteiger partial charge < -0.3 is 15.2 Å². The Balaban J connectivity index is 1.69. The number of benzene rings is 1. The highest BCUT2D eigenvalue weighted by molar-refractivity contribution is 5.99. The number of rotatable bonds is 6. The van der Waals surface area contributed by atoms with Crippen LogP contribution >= 0.6 is 0 Å². The van der Waals surface area contributed by atoms with Crippen LogP contribution < -0.4 is 5.32 Å². The largest absolute Gasteiger partial charge is 0.358 e. The van der Waals surface area contributed by atoms with Gasteiger partial charge in [-0.05, 0) is 56.1 Å². The molecule has 0 saturated heterocycles. The van der Waals surface area contributed by atoms with Crippen molar-refractivity contribution in [2.45, 2.75) is 33.1 Å². The Bertz CT molecular complexity index is 670. The van der Waals surface area contributed by atoms with Gasteiger partial charge in [-0.25, -0.2) is 0 Å². The van der Waals surface area contributed by atoms with Gasteiger partial charge in [0.2, 0.25) is 0 Å². The maximum Gasteiger partial charge on any atom is 0.251 e. The summed E-state index contributed by atoms with van der Waals surface area (Å²) in [7, 11) is 0. The molecular formula is C18H25N3O. The molecule has 0 unspecified atom stereocenters. The zero-order valence-corrected chi connectivity index (χ0v) is 13.5. The Morgan fingerprint density at radius 2 is 2.09 bits per heavy atom. The first-order valence-corrected chi connectivity index (χ1v) is 8.37. The van der Waals surface area contributed by atoms with E-state index in [0.717, 1.165) is 43.6 Å². The van der Waals surface area contributed by atoms with Crippen LogP contribution in [-0.4, -0.2) is 42.0 Å². The molecule has 0 fully saturated rings. The monoisotopic (exact) mass is 299 g/mol. The fraction of sp³-hybridized carbons (Fsp3) is 0.500. The highest BCUT2D eigenvalue weighted by Gasteiger charge is 2.17. The van der Waals surface area contributed by atoms with Gasteiger partial charge in [0.15, 0.2) is 0 Å². The number of carbonyl (C=O) groups is 1. The number of nitrogens with one attached hydrogen (secondary N) is 2. The summed E-state index contributed by atoms with van der Waals surface area (Å²) in [4.78, 5) is 18.1. The lowest BCUT2D eigenvalue weighted by molar-refractivity contribution is 0.0949. The minimum atomic E-state index is 0.0296. The van der Waals surface area contributed by atoms with Gasteiger partial charge in [-0.2, -0.15) is 0 Å². The molecule has 1 aliphatic carbocycles. The first-order valence-electron chi connectivity index (χ1n) is 8.37. The van der Waals surface area contributed by atoms with Crippen molar-refractivity contribution in [3.63, 3.8) is 0 Å². The van der Waals surface area contributed by atoms with Crippen LogP contribution in [0.25, 0.3) is 10.9 Å². The zero-order chi connectivity index (χ0) is 15.5. The van der Waals surface area contributed by atoms with Crippen LogP contribution in [-0.2, 0) is 12.8 Å². The molecule has 118 valence electrons. The van der Waals surface area contributed by atoms with Crippen LogP contribution in [0.2, 0.25) is 0 Å². The van der Waals surface area contributed by atoms with Crippen molar-refractivity contribution in [3.05, 3.63) is 35.0 Å². The van der Waals surface area contributed by atoms with Crippen molar-refractivity contribution >= 4 is 16.8 Å². The highest BCUT2D eigenvalue weighted by Crippen LogP contribution is 2.30. The molecule has 0 aliphatic heterocycles. The molecule has 4 nitrogen and oxygen atoms in total. The number of aromatic nitrogens is 1. The Hall–Kier alpha value is -1.81. The number of hydrogen-bond acceptors (Lipinski definition) is 2. The molecule has 1 aliphatic rings. The molecule has 3 rings (SSSR count). The summed E-state index contributed by atoms with van der Waals surface area (Å²) < 4.78 is 0. The molecule has 0 atom stereocenters. The number of nitrogens with zero attached hydrogens (tertiary/aromatic N) is 1. The molecule has 2 N–H and O–H groups in total. The van der Waals surface area contributed by atoms with Crippen molar-refractivity contribution < 1.29 is 4.79 Å². The van der Waals surface area contributed by atoms with E-state index in [9.17, 15) is 4.79 Å². The van der Waals surface area contributed by atoms with Crippen molar-refractivity contribution in [1.82, 2.24) is 15.2 Å². The second-order valence-electron chi connectivity index (χ2n) is 5.98. The molecule has 4 heteroatoms. The van der Waals surface area contributed by atoms with Crippen LogP contribution in [0.3, 0.4) is 0 Å². The maximum absolute atomic E-state index is 12.3. The summed E-state index contributed by atoms with van der Waals surface area (Å²) in [6.07, 6.45) is 3.48. The lowest BCUT2D eigenvalue weighted by Gasteiger charge is -2.17. The standard InChI is InChI=1S/C18H25N3O/c1-3-21(4-2)11-10-19-18(22)13-8-9-17-15(12-13)14-6-5-7-16(14)20-17/h8-9,12,20H,3-7,10-11H2,1-2H3,(H,19,22). The fourth-order valence-corrected chi connectivity index (χ4v) is 3.36. The molecule has 0 radical (unpaired) electrons. The van der Waals surface area contributed by atoms with E-state index in [4.69, 9.17) is 0 Å². The first-order chi connectivity index (χ1) is 10.7. The SMILES string of the molecule is CCN(CC)CCNC(=O)c1ccc2[nH]c3c(c2c1)CCC3. The number of fused-ring (bicyclic) bond motifs is 3. The van der Waals surface area contributed by atoms with E-state index in [1.807, 2.05) is 18.2 Å². The quantitative estimate of drug-likeness (QED) is 0.861. The number of carbonyl (C=O) groups excluding carboxylic acids is 1. The summed E-state index contributed by atoms with van der Waals surface area (Å²) >= 11 is 0. The first kappa shape index (κ1) is 15.1. The molecule has 0 spiro atoms. The van der Waals surface area contributed by atoms with E-state index >= 15 is 0 Å². The molecular weight excluding hydrogens is 274 g/mol. The maximum atomic E-state index is 12.3. The van der Waals surface area contributed by atoms with E-state index in [-0.39, 0.29) is 5.91 Å². The molecule has 1 aromatic carbocycles. The molecule has 0 bridgehead atoms. The van der Waals surface area contributed by atoms with Crippen molar-refractivity contribution in [2.75, 3.05) is 26.2 Å². The fourth-order valence-electron chi connectivity index (χ4n) is 3.36. The predicted octanol–water partition coefficient (Wildman–Crippen LogP) is 2.73. The van der Waals surface area contributed by atoms with Crippen molar-refractivity contribution in [3.8, 4) is 0 Å². The second kappa shape index (κ2) is 6.53. The third-order valence-electron chi connectivity index (χ3n) is 4.72. The van der Waals surface area contributed by atoms with Gasteiger partial charge >= 0.3 is 0 Å². The Morgan fingerprint density at radius 3 is 2.86 bits per heavy atom. The van der Waals surface area contributed by atoms with Gasteiger partial charge in [-0.3, -0.25) is 4.79 Å². The Morgan fingerprint density at radius 1 is 1.27 bits per heavy atom. The summed E-state index contributed by atoms with van der Waals surface area (Å²) in [6.45, 7) is 7.93. The van der Waals surface area contributed by atoms with Gasteiger partial charge in [0.1, 0.15) is 0 Å². The molecule has 1 heterocycles. The van der Waals surface area contributed by atoms with E-state index in [2.05, 4.69) is 29.0 Å². The normalized spacial score (nSPS) is 13.8. The topological polar surface area (TPSA) is 48.1 Å². The predicted molar refractivity (Wildman–Crippen MR) is 90.4 cm³/mol. The number of aromatic amines is 1. The Labute approximate surface area is 131 Å². The summed E-state index contributed by atoms with van der Waals surface area (Å²) in [5.41, 5.74) is 4.69. The van der Waals surface area contributed by atoms with Gasteiger partial charge in [0.25, 0.3) is 5.91 Å². The van der Waals surface area contributed by atoms with Crippen molar-refractivity contribution in [2.24, 2.45) is 0 Å². The van der Waals surface area contributed by atoms with Crippen LogP contribution in [0.1, 0.15) is 41.9 Å². The molecule has 2 aromatic rings. The molecule has 0 saturated carbocycles. The van der Waals surface area contributed by atoms with E-state index < -0.39 is 0 Å². The lowest BCUT2D eigenvalue weighted by Crippen LogP contribution is -2.34. The number of H-pyrrole nitrogens is 1. The van der Waals surface area contributed by atoms with Crippen LogP contribution in [0.4, 0.5) is 0 Å². The van der Waals surface area contributed by atoms with Crippen LogP contribution in [0, 0.1) is 0 Å². The minimum absolute atomic E-state index is 0.0296. The van der Waals surface area contributed by atoms with Crippen LogP contribution in [0.5, 0.6) is 0 Å². The number of likely N-dealkylation sites (N-methyl/N-ethyl adjacent to an activating group) is 1. The van der Waals surface area contributed by atoms with E-state index in [1.165, 1.54) is 23.1 Å². The average Bonchev–Trinajstić information content (AvgIpc) is 3.11. The number of amides is 1. The smallest absolute Gasteiger partial charge is 0.251 e. The van der Waals surface area contributed by atoms with E-state index in [1.54, 1.807) is 0 Å². The van der Waals surface area contributed by atoms with Gasteiger partial charge in [0, 0.05) is 35.2 Å². The summed E-state index contributed by atoms with van der Waals surface area (Å²) in [5.74, 6) is 0.0296. The van der Waals surface area contributed by atoms with Gasteiger partial charge in [-0.1, -0.05) is 13.8 Å². The molecule has 1 amide bonds. The van der Waals surface area contributed by atoms with E-state index in [0.29, 0.717) is 6.54 Å². The third-order valence-corrected chi connectivity index (χ3v) is 4.72. The number of aryl methyl sites for hydroxylation is 2. The third kappa shape index (κ3) is 2.88. The van der Waals surface area contributed by atoms with Gasteiger partial charge in [0.05, 0.1) is 0 Å². The average molecular weight is 299 g/mol. The summed E-state index contributed by atoms with van der Waals surface area (Å²) in [6, 6.07) is 6.00. The van der Waals surface area contributed by atoms with Crippen molar-refractivity contribution in [1.29, 1.82) is 0 Å². The molecule has 1 aromatic heterocycles. The number of hydrogen-bond donors (Lipinski definition) is 2. The second-order valence-corrected chi connectivity index (χ2v) is 5.98.